The third-order valence-corrected chi connectivity index (χ3v) is 2.63. The van der Waals surface area contributed by atoms with Crippen LogP contribution in [0.3, 0.4) is 0 Å². The third kappa shape index (κ3) is 2.63. The van der Waals surface area contributed by atoms with Crippen molar-refractivity contribution >= 4 is 15.9 Å². The van der Waals surface area contributed by atoms with Gasteiger partial charge in [-0.2, -0.15) is 15.4 Å². The highest BCUT2D eigenvalue weighted by Crippen LogP contribution is 2.16. The molecule has 0 bridgehead atoms. The van der Waals surface area contributed by atoms with Gasteiger partial charge in [-0.3, -0.25) is 16.3 Å². The van der Waals surface area contributed by atoms with Gasteiger partial charge in [0.15, 0.2) is 0 Å². The fraction of sp³-hybridized carbons (Fsp3) is 0.222. The lowest BCUT2D eigenvalue weighted by Crippen LogP contribution is -2.29. The van der Waals surface area contributed by atoms with E-state index >= 15 is 0 Å². The molecule has 0 amide bonds. The first-order chi connectivity index (χ1) is 7.79. The summed E-state index contributed by atoms with van der Waals surface area (Å²) in [6, 6.07) is 1.92. The lowest BCUT2D eigenvalue weighted by atomic mass is 10.1. The molecule has 1 atom stereocenters. The van der Waals surface area contributed by atoms with Gasteiger partial charge in [-0.15, -0.1) is 0 Å². The van der Waals surface area contributed by atoms with Gasteiger partial charge in [0.25, 0.3) is 0 Å². The Kier molecular flexibility index (Phi) is 3.60. The largest absolute Gasteiger partial charge is 0.271 e. The second kappa shape index (κ2) is 5.15. The van der Waals surface area contributed by atoms with Crippen molar-refractivity contribution in [2.75, 3.05) is 0 Å². The molecule has 0 aliphatic heterocycles. The molecule has 0 radical (unpaired) electrons. The van der Waals surface area contributed by atoms with Crippen LogP contribution in [0.2, 0.25) is 0 Å². The number of nitrogens with one attached hydrogen (secondary N) is 2. The number of aromatic nitrogens is 4. The van der Waals surface area contributed by atoms with Gasteiger partial charge in [-0.25, -0.2) is 0 Å². The molecule has 0 aromatic carbocycles. The van der Waals surface area contributed by atoms with E-state index in [1.165, 1.54) is 0 Å². The monoisotopic (exact) mass is 282 g/mol. The van der Waals surface area contributed by atoms with E-state index in [0.29, 0.717) is 6.42 Å². The highest BCUT2D eigenvalue weighted by Gasteiger charge is 2.13. The molecule has 2 aromatic rings. The van der Waals surface area contributed by atoms with Gasteiger partial charge in [-0.05, 0) is 34.0 Å². The zero-order valence-electron chi connectivity index (χ0n) is 8.39. The molecule has 84 valence electrons. The summed E-state index contributed by atoms with van der Waals surface area (Å²) >= 11 is 3.37. The number of hydrogen-bond donors (Lipinski definition) is 3. The molecular formula is C9H11BrN6. The first-order valence-electron chi connectivity index (χ1n) is 4.71. The highest BCUT2D eigenvalue weighted by molar-refractivity contribution is 9.10. The molecule has 2 rings (SSSR count). The second-order valence-corrected chi connectivity index (χ2v) is 4.25. The third-order valence-electron chi connectivity index (χ3n) is 2.19. The number of hydrazine groups is 1. The molecule has 0 saturated heterocycles. The van der Waals surface area contributed by atoms with Crippen molar-refractivity contribution in [2.45, 2.75) is 12.5 Å². The van der Waals surface area contributed by atoms with Crippen LogP contribution < -0.4 is 11.3 Å². The molecule has 2 aromatic heterocycles. The van der Waals surface area contributed by atoms with Crippen LogP contribution in [-0.2, 0) is 6.42 Å². The Hall–Kier alpha value is -1.31. The van der Waals surface area contributed by atoms with E-state index < -0.39 is 0 Å². The summed E-state index contributed by atoms with van der Waals surface area (Å²) < 4.78 is 0.945. The molecule has 0 spiro atoms. The van der Waals surface area contributed by atoms with E-state index in [4.69, 9.17) is 5.84 Å². The predicted octanol–water partition coefficient (Wildman–Crippen LogP) is 0.709. The molecule has 4 N–H and O–H groups in total. The van der Waals surface area contributed by atoms with Gasteiger partial charge in [0.2, 0.25) is 0 Å². The number of pyridine rings is 1. The summed E-state index contributed by atoms with van der Waals surface area (Å²) in [5, 5.41) is 10.3. The SMILES string of the molecule is NNC(Cc1cncc(Br)c1)c1cn[nH]n1. The number of aromatic amines is 1. The summed E-state index contributed by atoms with van der Waals surface area (Å²) in [6.45, 7) is 0. The summed E-state index contributed by atoms with van der Waals surface area (Å²) in [5.41, 5.74) is 4.56. The van der Waals surface area contributed by atoms with E-state index in [0.717, 1.165) is 15.7 Å². The number of rotatable bonds is 4. The van der Waals surface area contributed by atoms with Gasteiger partial charge in [0, 0.05) is 16.9 Å². The standard InChI is InChI=1S/C9H11BrN6/c10-7-1-6(3-12-4-7)2-8(14-11)9-5-13-16-15-9/h1,3-5,8,14H,2,11H2,(H,13,15,16). The van der Waals surface area contributed by atoms with Crippen molar-refractivity contribution in [3.8, 4) is 0 Å². The van der Waals surface area contributed by atoms with Gasteiger partial charge in [-0.1, -0.05) is 0 Å². The van der Waals surface area contributed by atoms with Crippen LogP contribution >= 0.6 is 15.9 Å². The molecular weight excluding hydrogens is 272 g/mol. The van der Waals surface area contributed by atoms with E-state index in [1.54, 1.807) is 18.6 Å². The zero-order chi connectivity index (χ0) is 11.4. The Bertz CT molecular complexity index is 443. The lowest BCUT2D eigenvalue weighted by Gasteiger charge is -2.12. The fourth-order valence-electron chi connectivity index (χ4n) is 1.43. The van der Waals surface area contributed by atoms with Crippen molar-refractivity contribution in [1.29, 1.82) is 0 Å². The molecule has 16 heavy (non-hydrogen) atoms. The maximum absolute atomic E-state index is 5.49. The Morgan fingerprint density at radius 1 is 1.44 bits per heavy atom. The minimum absolute atomic E-state index is 0.0742. The van der Waals surface area contributed by atoms with Crippen LogP contribution in [-0.4, -0.2) is 20.4 Å². The quantitative estimate of drug-likeness (QED) is 0.567. The van der Waals surface area contributed by atoms with Gasteiger partial charge < -0.3 is 0 Å². The lowest BCUT2D eigenvalue weighted by molar-refractivity contribution is 0.536. The van der Waals surface area contributed by atoms with Crippen molar-refractivity contribution in [3.05, 3.63) is 40.4 Å². The average molecular weight is 283 g/mol. The maximum Gasteiger partial charge on any atom is 0.101 e. The average Bonchev–Trinajstić information content (AvgIpc) is 2.79. The first-order valence-corrected chi connectivity index (χ1v) is 5.50. The molecule has 0 aliphatic carbocycles. The summed E-state index contributed by atoms with van der Waals surface area (Å²) in [7, 11) is 0. The summed E-state index contributed by atoms with van der Waals surface area (Å²) in [6.07, 6.45) is 5.89. The van der Waals surface area contributed by atoms with Crippen LogP contribution in [0.25, 0.3) is 0 Å². The van der Waals surface area contributed by atoms with Crippen LogP contribution in [0, 0.1) is 0 Å². The van der Waals surface area contributed by atoms with Crippen LogP contribution in [0.5, 0.6) is 0 Å². The molecule has 0 saturated carbocycles. The molecule has 2 heterocycles. The van der Waals surface area contributed by atoms with E-state index in [-0.39, 0.29) is 6.04 Å². The number of hydrogen-bond acceptors (Lipinski definition) is 5. The van der Waals surface area contributed by atoms with Gasteiger partial charge in [0.05, 0.1) is 12.2 Å². The topological polar surface area (TPSA) is 92.5 Å². The smallest absolute Gasteiger partial charge is 0.101 e. The normalized spacial score (nSPS) is 12.6. The van der Waals surface area contributed by atoms with E-state index in [1.807, 2.05) is 6.07 Å². The molecule has 1 unspecified atom stereocenters. The number of nitrogens with two attached hydrogens (primary N) is 1. The van der Waals surface area contributed by atoms with Gasteiger partial charge >= 0.3 is 0 Å². The number of nitrogens with zero attached hydrogens (tertiary/aromatic N) is 3. The fourth-order valence-corrected chi connectivity index (χ4v) is 1.84. The van der Waals surface area contributed by atoms with Crippen LogP contribution in [0.15, 0.2) is 29.1 Å². The van der Waals surface area contributed by atoms with Crippen molar-refractivity contribution in [3.63, 3.8) is 0 Å². The van der Waals surface area contributed by atoms with E-state index in [9.17, 15) is 0 Å². The van der Waals surface area contributed by atoms with Crippen molar-refractivity contribution in [2.24, 2.45) is 5.84 Å². The molecule has 6 nitrogen and oxygen atoms in total. The van der Waals surface area contributed by atoms with Crippen molar-refractivity contribution in [1.82, 2.24) is 25.8 Å². The Morgan fingerprint density at radius 2 is 2.31 bits per heavy atom. The van der Waals surface area contributed by atoms with Crippen LogP contribution in [0.1, 0.15) is 17.3 Å². The van der Waals surface area contributed by atoms with E-state index in [2.05, 4.69) is 41.8 Å². The van der Waals surface area contributed by atoms with Gasteiger partial charge in [0.1, 0.15) is 5.69 Å². The van der Waals surface area contributed by atoms with Crippen LogP contribution in [0.4, 0.5) is 0 Å². The molecule has 0 fully saturated rings. The summed E-state index contributed by atoms with van der Waals surface area (Å²) in [5.74, 6) is 5.49. The predicted molar refractivity (Wildman–Crippen MR) is 62.1 cm³/mol. The van der Waals surface area contributed by atoms with Crippen molar-refractivity contribution < 1.29 is 0 Å². The number of H-pyrrole nitrogens is 1. The first kappa shape index (κ1) is 11.2. The molecule has 0 aliphatic rings. The number of halogens is 1. The Balaban J connectivity index is 2.13. The zero-order valence-corrected chi connectivity index (χ0v) is 9.98. The minimum Gasteiger partial charge on any atom is -0.271 e. The highest BCUT2D eigenvalue weighted by atomic mass is 79.9. The Labute approximate surface area is 101 Å². The molecule has 7 heteroatoms. The summed E-state index contributed by atoms with van der Waals surface area (Å²) in [4.78, 5) is 4.09. The second-order valence-electron chi connectivity index (χ2n) is 3.33. The Morgan fingerprint density at radius 3 is 2.94 bits per heavy atom. The maximum atomic E-state index is 5.49. The minimum atomic E-state index is -0.0742.